The van der Waals surface area contributed by atoms with Gasteiger partial charge in [-0.1, -0.05) is 0 Å². The van der Waals surface area contributed by atoms with Crippen molar-refractivity contribution in [3.63, 3.8) is 0 Å². The lowest BCUT2D eigenvalue weighted by Crippen LogP contribution is -2.40. The Hall–Kier alpha value is -1.01. The molecule has 1 atom stereocenters. The predicted molar refractivity (Wildman–Crippen MR) is 64.0 cm³/mol. The van der Waals surface area contributed by atoms with Gasteiger partial charge in [0.1, 0.15) is 18.0 Å². The summed E-state index contributed by atoms with van der Waals surface area (Å²) in [5, 5.41) is 0. The van der Waals surface area contributed by atoms with Crippen LogP contribution in [-0.2, 0) is 0 Å². The zero-order valence-corrected chi connectivity index (χ0v) is 9.50. The Labute approximate surface area is 93.4 Å². The van der Waals surface area contributed by atoms with Gasteiger partial charge in [-0.3, -0.25) is 0 Å². The van der Waals surface area contributed by atoms with Crippen molar-refractivity contribution in [2.45, 2.75) is 13.0 Å². The monoisotopic (exact) mass is 225 g/mol. The van der Waals surface area contributed by atoms with E-state index in [0.717, 1.165) is 23.9 Å². The average molecular weight is 225 g/mol. The normalized spacial score (nSPS) is 21.5. The number of anilines is 2. The number of hydrogen-bond donors (Lipinski definition) is 2. The first kappa shape index (κ1) is 10.5. The first-order valence-electron chi connectivity index (χ1n) is 4.94. The first-order valence-corrected chi connectivity index (χ1v) is 6.10. The van der Waals surface area contributed by atoms with Crippen LogP contribution in [0.15, 0.2) is 12.4 Å². The van der Waals surface area contributed by atoms with E-state index in [4.69, 9.17) is 5.84 Å². The van der Waals surface area contributed by atoms with Crippen molar-refractivity contribution < 1.29 is 0 Å². The SMILES string of the molecule is CC1CSCCN1c1cc(NN)ncn1. The molecule has 0 aromatic carbocycles. The van der Waals surface area contributed by atoms with Gasteiger partial charge in [-0.2, -0.15) is 11.8 Å². The van der Waals surface area contributed by atoms with Gasteiger partial charge in [0.2, 0.25) is 0 Å². The molecule has 0 spiro atoms. The minimum absolute atomic E-state index is 0.518. The summed E-state index contributed by atoms with van der Waals surface area (Å²) in [5.41, 5.74) is 2.54. The minimum Gasteiger partial charge on any atom is -0.352 e. The summed E-state index contributed by atoms with van der Waals surface area (Å²) >= 11 is 1.99. The standard InChI is InChI=1S/C9H15N5S/c1-7-5-15-3-2-14(7)9-4-8(13-10)11-6-12-9/h4,6-7H,2-3,5,10H2,1H3,(H,11,12,13). The maximum absolute atomic E-state index is 5.32. The van der Waals surface area contributed by atoms with Crippen LogP contribution < -0.4 is 16.2 Å². The first-order chi connectivity index (χ1) is 7.31. The highest BCUT2D eigenvalue weighted by Gasteiger charge is 2.20. The maximum atomic E-state index is 5.32. The molecule has 2 rings (SSSR count). The van der Waals surface area contributed by atoms with Gasteiger partial charge in [-0.05, 0) is 6.92 Å². The molecule has 1 fully saturated rings. The summed E-state index contributed by atoms with van der Waals surface area (Å²) in [6.45, 7) is 3.25. The van der Waals surface area contributed by atoms with Gasteiger partial charge in [0.25, 0.3) is 0 Å². The lowest BCUT2D eigenvalue weighted by atomic mass is 10.3. The largest absolute Gasteiger partial charge is 0.352 e. The van der Waals surface area contributed by atoms with Gasteiger partial charge in [0.05, 0.1) is 0 Å². The van der Waals surface area contributed by atoms with Crippen LogP contribution in [0.5, 0.6) is 0 Å². The third-order valence-electron chi connectivity index (χ3n) is 2.46. The molecule has 0 saturated carbocycles. The number of nitrogen functional groups attached to an aromatic ring is 1. The van der Waals surface area contributed by atoms with E-state index in [-0.39, 0.29) is 0 Å². The van der Waals surface area contributed by atoms with E-state index in [1.54, 1.807) is 6.33 Å². The molecule has 1 aliphatic heterocycles. The van der Waals surface area contributed by atoms with E-state index in [0.29, 0.717) is 11.9 Å². The van der Waals surface area contributed by atoms with E-state index in [1.807, 2.05) is 17.8 Å². The van der Waals surface area contributed by atoms with Crippen LogP contribution in [0.1, 0.15) is 6.92 Å². The second kappa shape index (κ2) is 4.67. The summed E-state index contributed by atoms with van der Waals surface area (Å²) in [6, 6.07) is 2.40. The average Bonchev–Trinajstić information content (AvgIpc) is 2.30. The Kier molecular flexibility index (Phi) is 3.27. The molecule has 0 radical (unpaired) electrons. The molecule has 2 heterocycles. The molecule has 82 valence electrons. The molecule has 1 saturated heterocycles. The highest BCUT2D eigenvalue weighted by molar-refractivity contribution is 7.99. The number of thioether (sulfide) groups is 1. The summed E-state index contributed by atoms with van der Waals surface area (Å²) in [7, 11) is 0. The molecule has 1 unspecified atom stereocenters. The molecular weight excluding hydrogens is 210 g/mol. The maximum Gasteiger partial charge on any atom is 0.145 e. The van der Waals surface area contributed by atoms with Crippen LogP contribution >= 0.6 is 11.8 Å². The molecule has 3 N–H and O–H groups in total. The number of nitrogens with zero attached hydrogens (tertiary/aromatic N) is 3. The third kappa shape index (κ3) is 2.32. The highest BCUT2D eigenvalue weighted by atomic mass is 32.2. The van der Waals surface area contributed by atoms with Crippen LogP contribution in [0.25, 0.3) is 0 Å². The lowest BCUT2D eigenvalue weighted by molar-refractivity contribution is 0.688. The number of nitrogens with two attached hydrogens (primary N) is 1. The van der Waals surface area contributed by atoms with Crippen molar-refractivity contribution in [3.05, 3.63) is 12.4 Å². The number of hydrazine groups is 1. The van der Waals surface area contributed by atoms with E-state index in [2.05, 4.69) is 27.2 Å². The molecule has 15 heavy (non-hydrogen) atoms. The van der Waals surface area contributed by atoms with Crippen LogP contribution in [0, 0.1) is 0 Å². The van der Waals surface area contributed by atoms with Gasteiger partial charge < -0.3 is 10.3 Å². The number of rotatable bonds is 2. The Morgan fingerprint density at radius 3 is 3.20 bits per heavy atom. The number of hydrogen-bond acceptors (Lipinski definition) is 6. The van der Waals surface area contributed by atoms with Crippen LogP contribution in [0.4, 0.5) is 11.6 Å². The highest BCUT2D eigenvalue weighted by Crippen LogP contribution is 2.22. The fourth-order valence-corrected chi connectivity index (χ4v) is 2.66. The Bertz CT molecular complexity index is 332. The zero-order chi connectivity index (χ0) is 10.7. The summed E-state index contributed by atoms with van der Waals surface area (Å²) in [4.78, 5) is 10.6. The van der Waals surface area contributed by atoms with E-state index in [1.165, 1.54) is 0 Å². The second-order valence-electron chi connectivity index (χ2n) is 3.52. The van der Waals surface area contributed by atoms with Crippen LogP contribution in [0.2, 0.25) is 0 Å². The number of aromatic nitrogens is 2. The van der Waals surface area contributed by atoms with E-state index < -0.39 is 0 Å². The summed E-state index contributed by atoms with van der Waals surface area (Å²) < 4.78 is 0. The van der Waals surface area contributed by atoms with Gasteiger partial charge in [-0.15, -0.1) is 0 Å². The zero-order valence-electron chi connectivity index (χ0n) is 8.68. The molecule has 1 aromatic heterocycles. The Balaban J connectivity index is 2.19. The number of nitrogens with one attached hydrogen (secondary N) is 1. The Morgan fingerprint density at radius 1 is 1.60 bits per heavy atom. The van der Waals surface area contributed by atoms with Gasteiger partial charge in [0, 0.05) is 30.2 Å². The molecular formula is C9H15N5S. The quantitative estimate of drug-likeness (QED) is 0.570. The van der Waals surface area contributed by atoms with E-state index in [9.17, 15) is 0 Å². The van der Waals surface area contributed by atoms with Gasteiger partial charge >= 0.3 is 0 Å². The van der Waals surface area contributed by atoms with Crippen molar-refractivity contribution in [3.8, 4) is 0 Å². The van der Waals surface area contributed by atoms with E-state index >= 15 is 0 Å². The smallest absolute Gasteiger partial charge is 0.145 e. The lowest BCUT2D eigenvalue weighted by Gasteiger charge is -2.33. The van der Waals surface area contributed by atoms with Crippen LogP contribution in [0.3, 0.4) is 0 Å². The van der Waals surface area contributed by atoms with Gasteiger partial charge in [0.15, 0.2) is 0 Å². The third-order valence-corrected chi connectivity index (χ3v) is 3.65. The van der Waals surface area contributed by atoms with Gasteiger partial charge in [-0.25, -0.2) is 15.8 Å². The molecule has 1 aromatic rings. The van der Waals surface area contributed by atoms with Crippen molar-refractivity contribution >= 4 is 23.4 Å². The van der Waals surface area contributed by atoms with Crippen molar-refractivity contribution in [1.29, 1.82) is 0 Å². The van der Waals surface area contributed by atoms with Crippen molar-refractivity contribution in [2.75, 3.05) is 28.4 Å². The summed E-state index contributed by atoms with van der Waals surface area (Å²) in [6.07, 6.45) is 1.54. The Morgan fingerprint density at radius 2 is 2.47 bits per heavy atom. The van der Waals surface area contributed by atoms with Crippen molar-refractivity contribution in [2.24, 2.45) is 5.84 Å². The molecule has 6 heteroatoms. The summed E-state index contributed by atoms with van der Waals surface area (Å²) in [5.74, 6) is 9.23. The topological polar surface area (TPSA) is 67.1 Å². The molecule has 0 aliphatic carbocycles. The predicted octanol–water partition coefficient (Wildman–Crippen LogP) is 0.704. The second-order valence-corrected chi connectivity index (χ2v) is 4.67. The fourth-order valence-electron chi connectivity index (χ4n) is 1.65. The molecule has 0 bridgehead atoms. The molecule has 1 aliphatic rings. The molecule has 0 amide bonds. The minimum atomic E-state index is 0.518. The fraction of sp³-hybridized carbons (Fsp3) is 0.556. The van der Waals surface area contributed by atoms with Crippen LogP contribution in [-0.4, -0.2) is 34.1 Å². The van der Waals surface area contributed by atoms with Crippen molar-refractivity contribution in [1.82, 2.24) is 9.97 Å². The molecule has 5 nitrogen and oxygen atoms in total.